The van der Waals surface area contributed by atoms with Crippen molar-refractivity contribution >= 4 is 17.5 Å². The first-order valence-electron chi connectivity index (χ1n) is 5.60. The number of carbonyl (C=O) groups excluding carboxylic acids is 1. The van der Waals surface area contributed by atoms with Crippen LogP contribution in [0.25, 0.3) is 0 Å². The summed E-state index contributed by atoms with van der Waals surface area (Å²) < 4.78 is 0. The van der Waals surface area contributed by atoms with E-state index in [2.05, 4.69) is 10.3 Å². The van der Waals surface area contributed by atoms with Crippen molar-refractivity contribution in [3.63, 3.8) is 0 Å². The molecule has 1 aromatic heterocycles. The van der Waals surface area contributed by atoms with Crippen LogP contribution < -0.4 is 5.32 Å². The lowest BCUT2D eigenvalue weighted by molar-refractivity contribution is 0.0951. The molecule has 0 bridgehead atoms. The van der Waals surface area contributed by atoms with Gasteiger partial charge in [0.15, 0.2) is 0 Å². The summed E-state index contributed by atoms with van der Waals surface area (Å²) in [7, 11) is 0. The van der Waals surface area contributed by atoms with Crippen LogP contribution >= 0.6 is 11.6 Å². The summed E-state index contributed by atoms with van der Waals surface area (Å²) in [5, 5.41) is 3.19. The van der Waals surface area contributed by atoms with Crippen LogP contribution in [0.2, 0.25) is 5.02 Å². The molecule has 1 N–H and O–H groups in total. The Morgan fingerprint density at radius 1 is 1.39 bits per heavy atom. The molecule has 2 aromatic rings. The fourth-order valence-electron chi connectivity index (χ4n) is 1.66. The van der Waals surface area contributed by atoms with E-state index in [0.717, 1.165) is 5.56 Å². The molecule has 92 valence electrons. The average Bonchev–Trinajstić information content (AvgIpc) is 2.37. The van der Waals surface area contributed by atoms with Gasteiger partial charge in [-0.05, 0) is 18.6 Å². The lowest BCUT2D eigenvalue weighted by Crippen LogP contribution is -2.23. The second-order valence-electron chi connectivity index (χ2n) is 4.03. The molecule has 0 radical (unpaired) electrons. The van der Waals surface area contributed by atoms with Crippen LogP contribution in [-0.2, 0) is 6.54 Å². The topological polar surface area (TPSA) is 42.0 Å². The molecule has 1 amide bonds. The van der Waals surface area contributed by atoms with Gasteiger partial charge in [0.2, 0.25) is 0 Å². The number of benzene rings is 1. The third-order valence-corrected chi connectivity index (χ3v) is 2.85. The third-order valence-electron chi connectivity index (χ3n) is 2.55. The minimum Gasteiger partial charge on any atom is -0.348 e. The number of rotatable bonds is 3. The fourth-order valence-corrected chi connectivity index (χ4v) is 1.86. The molecule has 0 aliphatic carbocycles. The highest BCUT2D eigenvalue weighted by molar-refractivity contribution is 6.33. The summed E-state index contributed by atoms with van der Waals surface area (Å²) in [6, 6.07) is 9.60. The minimum absolute atomic E-state index is 0.191. The van der Waals surface area contributed by atoms with Crippen LogP contribution in [0.3, 0.4) is 0 Å². The predicted octanol–water partition coefficient (Wildman–Crippen LogP) is 2.97. The molecular formula is C14H13ClN2O. The van der Waals surface area contributed by atoms with Gasteiger partial charge in [-0.3, -0.25) is 9.78 Å². The monoisotopic (exact) mass is 260 g/mol. The quantitative estimate of drug-likeness (QED) is 0.922. The molecule has 0 aliphatic heterocycles. The maximum atomic E-state index is 11.9. The van der Waals surface area contributed by atoms with E-state index in [1.54, 1.807) is 12.3 Å². The molecule has 1 heterocycles. The molecule has 0 fully saturated rings. The van der Waals surface area contributed by atoms with E-state index in [1.807, 2.05) is 31.2 Å². The number of aromatic nitrogens is 1. The number of nitrogens with one attached hydrogen (secondary N) is 1. The van der Waals surface area contributed by atoms with Crippen molar-refractivity contribution in [1.82, 2.24) is 10.3 Å². The summed E-state index contributed by atoms with van der Waals surface area (Å²) in [6.45, 7) is 2.50. The Kier molecular flexibility index (Phi) is 3.95. The number of carbonyl (C=O) groups is 1. The van der Waals surface area contributed by atoms with Crippen LogP contribution in [0, 0.1) is 6.92 Å². The SMILES string of the molecule is Cc1cccc(CNC(=O)c2ccncc2Cl)c1. The summed E-state index contributed by atoms with van der Waals surface area (Å²) in [4.78, 5) is 15.7. The zero-order chi connectivity index (χ0) is 13.0. The van der Waals surface area contributed by atoms with Gasteiger partial charge >= 0.3 is 0 Å². The van der Waals surface area contributed by atoms with Crippen molar-refractivity contribution in [3.05, 3.63) is 64.4 Å². The van der Waals surface area contributed by atoms with Crippen molar-refractivity contribution in [1.29, 1.82) is 0 Å². The molecule has 3 nitrogen and oxygen atoms in total. The predicted molar refractivity (Wildman–Crippen MR) is 71.6 cm³/mol. The number of aryl methyl sites for hydroxylation is 1. The van der Waals surface area contributed by atoms with Crippen LogP contribution in [-0.4, -0.2) is 10.9 Å². The standard InChI is InChI=1S/C14H13ClN2O/c1-10-3-2-4-11(7-10)8-17-14(18)12-5-6-16-9-13(12)15/h2-7,9H,8H2,1H3,(H,17,18). The molecule has 0 aliphatic rings. The molecule has 0 spiro atoms. The van der Waals surface area contributed by atoms with Gasteiger partial charge in [-0.25, -0.2) is 0 Å². The molecule has 4 heteroatoms. The average molecular weight is 261 g/mol. The van der Waals surface area contributed by atoms with E-state index in [-0.39, 0.29) is 5.91 Å². The van der Waals surface area contributed by atoms with E-state index >= 15 is 0 Å². The summed E-state index contributed by atoms with van der Waals surface area (Å²) in [6.07, 6.45) is 3.01. The van der Waals surface area contributed by atoms with Crippen LogP contribution in [0.1, 0.15) is 21.5 Å². The highest BCUT2D eigenvalue weighted by Gasteiger charge is 2.09. The van der Waals surface area contributed by atoms with Crippen molar-refractivity contribution in [2.24, 2.45) is 0 Å². The number of amides is 1. The summed E-state index contributed by atoms with van der Waals surface area (Å²) in [5.41, 5.74) is 2.68. The second-order valence-corrected chi connectivity index (χ2v) is 4.43. The van der Waals surface area contributed by atoms with Crippen molar-refractivity contribution < 1.29 is 4.79 Å². The molecule has 1 aromatic carbocycles. The highest BCUT2D eigenvalue weighted by atomic mass is 35.5. The van der Waals surface area contributed by atoms with Crippen molar-refractivity contribution in [3.8, 4) is 0 Å². The van der Waals surface area contributed by atoms with Gasteiger partial charge in [0.25, 0.3) is 5.91 Å². The van der Waals surface area contributed by atoms with Crippen molar-refractivity contribution in [2.75, 3.05) is 0 Å². The first kappa shape index (κ1) is 12.6. The van der Waals surface area contributed by atoms with Crippen molar-refractivity contribution in [2.45, 2.75) is 13.5 Å². The van der Waals surface area contributed by atoms with E-state index in [4.69, 9.17) is 11.6 Å². The van der Waals surface area contributed by atoms with Gasteiger partial charge in [0.05, 0.1) is 10.6 Å². The summed E-state index contributed by atoms with van der Waals surface area (Å²) >= 11 is 5.90. The number of hydrogen-bond donors (Lipinski definition) is 1. The van der Waals surface area contributed by atoms with Gasteiger partial charge < -0.3 is 5.32 Å². The maximum Gasteiger partial charge on any atom is 0.253 e. The van der Waals surface area contributed by atoms with Gasteiger partial charge in [-0.2, -0.15) is 0 Å². The number of halogens is 1. The smallest absolute Gasteiger partial charge is 0.253 e. The Morgan fingerprint density at radius 3 is 2.94 bits per heavy atom. The molecule has 2 rings (SSSR count). The Bertz CT molecular complexity index is 569. The third kappa shape index (κ3) is 3.08. The lowest BCUT2D eigenvalue weighted by atomic mass is 10.1. The molecule has 0 atom stereocenters. The van der Waals surface area contributed by atoms with Gasteiger partial charge in [0.1, 0.15) is 0 Å². The van der Waals surface area contributed by atoms with E-state index < -0.39 is 0 Å². The van der Waals surface area contributed by atoms with Crippen LogP contribution in [0.4, 0.5) is 0 Å². The first-order valence-corrected chi connectivity index (χ1v) is 5.98. The lowest BCUT2D eigenvalue weighted by Gasteiger charge is -2.07. The Labute approximate surface area is 111 Å². The number of hydrogen-bond acceptors (Lipinski definition) is 2. The second kappa shape index (κ2) is 5.65. The van der Waals surface area contributed by atoms with Crippen LogP contribution in [0.5, 0.6) is 0 Å². The Morgan fingerprint density at radius 2 is 2.22 bits per heavy atom. The highest BCUT2D eigenvalue weighted by Crippen LogP contribution is 2.13. The largest absolute Gasteiger partial charge is 0.348 e. The molecular weight excluding hydrogens is 248 g/mol. The minimum atomic E-state index is -0.191. The maximum absolute atomic E-state index is 11.9. The number of pyridine rings is 1. The zero-order valence-corrected chi connectivity index (χ0v) is 10.7. The van der Waals surface area contributed by atoms with Gasteiger partial charge in [-0.1, -0.05) is 41.4 Å². The molecule has 18 heavy (non-hydrogen) atoms. The summed E-state index contributed by atoms with van der Waals surface area (Å²) in [5.74, 6) is -0.191. The number of nitrogens with zero attached hydrogens (tertiary/aromatic N) is 1. The van der Waals surface area contributed by atoms with Gasteiger partial charge in [0, 0.05) is 18.9 Å². The van der Waals surface area contributed by atoms with E-state index in [1.165, 1.54) is 11.8 Å². The molecule has 0 saturated heterocycles. The molecule has 0 saturated carbocycles. The van der Waals surface area contributed by atoms with Crippen LogP contribution in [0.15, 0.2) is 42.7 Å². The zero-order valence-electron chi connectivity index (χ0n) is 9.98. The van der Waals surface area contributed by atoms with E-state index in [0.29, 0.717) is 17.1 Å². The Hall–Kier alpha value is -1.87. The fraction of sp³-hybridized carbons (Fsp3) is 0.143. The van der Waals surface area contributed by atoms with E-state index in [9.17, 15) is 4.79 Å². The Balaban J connectivity index is 2.03. The first-order chi connectivity index (χ1) is 8.66. The van der Waals surface area contributed by atoms with Gasteiger partial charge in [-0.15, -0.1) is 0 Å². The normalized spacial score (nSPS) is 10.1. The molecule has 0 unspecified atom stereocenters.